The highest BCUT2D eigenvalue weighted by molar-refractivity contribution is 5.86. The predicted octanol–water partition coefficient (Wildman–Crippen LogP) is 4.40. The molecule has 2 aromatic heterocycles. The van der Waals surface area contributed by atoms with Gasteiger partial charge in [0.2, 0.25) is 11.9 Å². The van der Waals surface area contributed by atoms with Gasteiger partial charge in [-0.05, 0) is 31.2 Å². The maximum Gasteiger partial charge on any atom is 0.273 e. The van der Waals surface area contributed by atoms with Crippen molar-refractivity contribution < 1.29 is 14.1 Å². The van der Waals surface area contributed by atoms with E-state index in [1.807, 2.05) is 28.8 Å². The lowest BCUT2D eigenvalue weighted by Crippen LogP contribution is -2.40. The third-order valence-electron chi connectivity index (χ3n) is 6.05. The first-order valence-corrected chi connectivity index (χ1v) is 10.4. The van der Waals surface area contributed by atoms with Crippen LogP contribution < -0.4 is 10.6 Å². The summed E-state index contributed by atoms with van der Waals surface area (Å²) in [5, 5.41) is 17.3. The molecule has 0 saturated carbocycles. The summed E-state index contributed by atoms with van der Waals surface area (Å²) in [6, 6.07) is 15.5. The van der Waals surface area contributed by atoms with E-state index in [2.05, 4.69) is 22.2 Å². The zero-order chi connectivity index (χ0) is 23.3. The maximum absolute atomic E-state index is 12.9. The average Bonchev–Trinajstić information content (AvgIpc) is 3.42. The van der Waals surface area contributed by atoms with Crippen LogP contribution in [0.5, 0.6) is 0 Å². The van der Waals surface area contributed by atoms with Gasteiger partial charge in [0, 0.05) is 29.9 Å². The first-order chi connectivity index (χ1) is 15.9. The van der Waals surface area contributed by atoms with Crippen molar-refractivity contribution >= 4 is 28.6 Å². The Balaban J connectivity index is 1.69. The highest BCUT2D eigenvalue weighted by Crippen LogP contribution is 2.43. The molecule has 9 heteroatoms. The molecule has 0 saturated heterocycles. The zero-order valence-electron chi connectivity index (χ0n) is 18.0. The second kappa shape index (κ2) is 7.63. The Kier molecular flexibility index (Phi) is 4.74. The number of rotatable bonds is 4. The molecule has 166 valence electrons. The summed E-state index contributed by atoms with van der Waals surface area (Å²) in [6.07, 6.45) is 0. The number of benzene rings is 2. The zero-order valence-corrected chi connectivity index (χ0v) is 18.0. The van der Waals surface area contributed by atoms with Gasteiger partial charge < -0.3 is 15.1 Å². The number of nitrogens with zero attached hydrogens (tertiary/aromatic N) is 3. The number of carbonyl (C=O) groups is 1. The molecule has 3 heterocycles. The number of anilines is 1. The van der Waals surface area contributed by atoms with E-state index in [4.69, 9.17) is 4.42 Å². The van der Waals surface area contributed by atoms with Crippen LogP contribution in [0.25, 0.3) is 22.4 Å². The van der Waals surface area contributed by atoms with Gasteiger partial charge in [-0.25, -0.2) is 4.98 Å². The number of hydrogen-bond donors (Lipinski definition) is 2. The molecule has 0 radical (unpaired) electrons. The van der Waals surface area contributed by atoms with Crippen LogP contribution in [0.3, 0.4) is 0 Å². The Labute approximate surface area is 188 Å². The van der Waals surface area contributed by atoms with E-state index in [0.29, 0.717) is 34.3 Å². The summed E-state index contributed by atoms with van der Waals surface area (Å²) in [7, 11) is 1.58. The number of imidazole rings is 1. The minimum atomic E-state index is -0.662. The molecule has 0 bridgehead atoms. The first kappa shape index (κ1) is 20.5. The van der Waals surface area contributed by atoms with Crippen LogP contribution in [0, 0.1) is 23.0 Å². The van der Waals surface area contributed by atoms with E-state index in [1.165, 1.54) is 6.07 Å². The van der Waals surface area contributed by atoms with Crippen molar-refractivity contribution in [3.05, 3.63) is 88.3 Å². The molecule has 33 heavy (non-hydrogen) atoms. The van der Waals surface area contributed by atoms with E-state index < -0.39 is 16.9 Å². The second-order valence-corrected chi connectivity index (χ2v) is 7.89. The number of amides is 1. The van der Waals surface area contributed by atoms with Crippen LogP contribution in [0.15, 0.2) is 71.3 Å². The summed E-state index contributed by atoms with van der Waals surface area (Å²) in [4.78, 5) is 28.5. The van der Waals surface area contributed by atoms with Gasteiger partial charge in [0.05, 0.1) is 16.0 Å². The molecule has 9 nitrogen and oxygen atoms in total. The summed E-state index contributed by atoms with van der Waals surface area (Å²) in [6.45, 7) is 5.77. The number of nitro groups is 1. The van der Waals surface area contributed by atoms with E-state index >= 15 is 0 Å². The van der Waals surface area contributed by atoms with Gasteiger partial charge in [-0.1, -0.05) is 30.8 Å². The molecule has 0 fully saturated rings. The number of furan rings is 1. The largest absolute Gasteiger partial charge is 0.459 e. The van der Waals surface area contributed by atoms with Crippen molar-refractivity contribution in [3.63, 3.8) is 0 Å². The maximum atomic E-state index is 12.9. The third-order valence-corrected chi connectivity index (χ3v) is 6.05. The van der Waals surface area contributed by atoms with Crippen LogP contribution in [0.1, 0.15) is 17.4 Å². The first-order valence-electron chi connectivity index (χ1n) is 10.4. The topological polar surface area (TPSA) is 115 Å². The van der Waals surface area contributed by atoms with E-state index in [1.54, 1.807) is 38.2 Å². The Morgan fingerprint density at radius 3 is 2.76 bits per heavy atom. The minimum absolute atomic E-state index is 0.0202. The van der Waals surface area contributed by atoms with Gasteiger partial charge in [-0.3, -0.25) is 19.5 Å². The Morgan fingerprint density at radius 2 is 2.00 bits per heavy atom. The molecule has 1 aliphatic rings. The number of nitrogens with one attached hydrogen (secondary N) is 2. The molecule has 0 spiro atoms. The summed E-state index contributed by atoms with van der Waals surface area (Å²) in [5.41, 5.74) is 3.27. The van der Waals surface area contributed by atoms with Crippen molar-refractivity contribution in [2.24, 2.45) is 5.92 Å². The highest BCUT2D eigenvalue weighted by atomic mass is 16.6. The number of aromatic nitrogens is 2. The molecule has 1 amide bonds. The lowest BCUT2D eigenvalue weighted by molar-refractivity contribution is -0.385. The van der Waals surface area contributed by atoms with Gasteiger partial charge in [0.1, 0.15) is 23.5 Å². The summed E-state index contributed by atoms with van der Waals surface area (Å²) < 4.78 is 8.19. The molecule has 1 aliphatic heterocycles. The monoisotopic (exact) mass is 443 g/mol. The van der Waals surface area contributed by atoms with Crippen molar-refractivity contribution in [1.29, 1.82) is 0 Å². The number of nitro benzene ring substituents is 1. The fourth-order valence-electron chi connectivity index (χ4n) is 4.47. The molecular weight excluding hydrogens is 422 g/mol. The molecular formula is C24H21N5O4. The van der Waals surface area contributed by atoms with Crippen molar-refractivity contribution in [2.45, 2.75) is 13.0 Å². The second-order valence-electron chi connectivity index (χ2n) is 7.89. The van der Waals surface area contributed by atoms with Gasteiger partial charge >= 0.3 is 0 Å². The SMILES string of the molecule is C=C1Nc2nc3ccccc3n2C(c2ccc(-c3cccc([N+](=O)[O-])c3C)o2)C1C(=O)NC. The third kappa shape index (κ3) is 3.16. The number of carbonyl (C=O) groups excluding carboxylic acids is 1. The number of hydrogen-bond acceptors (Lipinski definition) is 6. The highest BCUT2D eigenvalue weighted by Gasteiger charge is 2.41. The fraction of sp³-hybridized carbons (Fsp3) is 0.167. The molecule has 0 aliphatic carbocycles. The fourth-order valence-corrected chi connectivity index (χ4v) is 4.47. The summed E-state index contributed by atoms with van der Waals surface area (Å²) >= 11 is 0. The van der Waals surface area contributed by atoms with Gasteiger partial charge in [0.25, 0.3) is 5.69 Å². The Bertz CT molecular complexity index is 1430. The van der Waals surface area contributed by atoms with Gasteiger partial charge in [0.15, 0.2) is 0 Å². The van der Waals surface area contributed by atoms with Crippen molar-refractivity contribution in [2.75, 3.05) is 12.4 Å². The van der Waals surface area contributed by atoms with E-state index in [9.17, 15) is 14.9 Å². The van der Waals surface area contributed by atoms with Crippen molar-refractivity contribution in [1.82, 2.24) is 14.9 Å². The van der Waals surface area contributed by atoms with Crippen LogP contribution in [-0.4, -0.2) is 27.4 Å². The minimum Gasteiger partial charge on any atom is -0.459 e. The van der Waals surface area contributed by atoms with E-state index in [0.717, 1.165) is 11.0 Å². The smallest absolute Gasteiger partial charge is 0.273 e. The Hall–Kier alpha value is -4.40. The lowest BCUT2D eigenvalue weighted by atomic mass is 9.91. The molecule has 2 aromatic carbocycles. The van der Waals surface area contributed by atoms with Crippen LogP contribution in [0.2, 0.25) is 0 Å². The number of para-hydroxylation sites is 2. The van der Waals surface area contributed by atoms with Crippen LogP contribution in [0.4, 0.5) is 11.6 Å². The molecule has 2 atom stereocenters. The Morgan fingerprint density at radius 1 is 1.21 bits per heavy atom. The molecule has 2 N–H and O–H groups in total. The van der Waals surface area contributed by atoms with Gasteiger partial charge in [-0.15, -0.1) is 0 Å². The lowest BCUT2D eigenvalue weighted by Gasteiger charge is -2.33. The summed E-state index contributed by atoms with van der Waals surface area (Å²) in [5.74, 6) is 0.695. The number of fused-ring (bicyclic) bond motifs is 3. The normalized spacial score (nSPS) is 17.5. The average molecular weight is 443 g/mol. The van der Waals surface area contributed by atoms with Crippen LogP contribution >= 0.6 is 0 Å². The molecule has 5 rings (SSSR count). The predicted molar refractivity (Wildman–Crippen MR) is 124 cm³/mol. The quantitative estimate of drug-likeness (QED) is 0.357. The van der Waals surface area contributed by atoms with E-state index in [-0.39, 0.29) is 11.6 Å². The van der Waals surface area contributed by atoms with Gasteiger partial charge in [-0.2, -0.15) is 0 Å². The molecule has 4 aromatic rings. The van der Waals surface area contributed by atoms with Crippen LogP contribution in [-0.2, 0) is 4.79 Å². The van der Waals surface area contributed by atoms with Crippen molar-refractivity contribution in [3.8, 4) is 11.3 Å². The standard InChI is InChI=1S/C24H21N5O4/c1-13-15(7-6-10-17(13)29(31)32)19-11-12-20(33-19)22-21(23(30)25-3)14(2)26-24-27-16-8-4-5-9-18(16)28(22)24/h4-12,21-22H,2H2,1,3H3,(H,25,30)(H,26,27). The molecule has 2 unspecified atom stereocenters.